The van der Waals surface area contributed by atoms with Crippen LogP contribution in [0.15, 0.2) is 16.7 Å². The van der Waals surface area contributed by atoms with Crippen LogP contribution in [0.5, 0.6) is 0 Å². The number of nitrogens with one attached hydrogen (secondary N) is 2. The van der Waals surface area contributed by atoms with E-state index in [4.69, 9.17) is 0 Å². The number of aromatic nitrogens is 1. The zero-order valence-corrected chi connectivity index (χ0v) is 9.68. The summed E-state index contributed by atoms with van der Waals surface area (Å²) < 4.78 is 0.931. The maximum absolute atomic E-state index is 11.0. The molecular formula is C9H12BrN3O. The average Bonchev–Trinajstić information content (AvgIpc) is 2.16. The fourth-order valence-corrected chi connectivity index (χ4v) is 1.42. The number of nitrogens with zero attached hydrogens (tertiary/aromatic N) is 1. The number of amides is 1. The molecule has 0 atom stereocenters. The lowest BCUT2D eigenvalue weighted by molar-refractivity contribution is -0.118. The van der Waals surface area contributed by atoms with Crippen molar-refractivity contribution in [1.29, 1.82) is 0 Å². The molecule has 1 aromatic heterocycles. The van der Waals surface area contributed by atoms with E-state index in [9.17, 15) is 4.79 Å². The number of halogens is 1. The number of rotatable bonds is 3. The molecule has 1 rings (SSSR count). The molecule has 2 N–H and O–H groups in total. The first-order chi connectivity index (χ1) is 6.63. The standard InChI is InChI=1S/C9H12BrN3O/c1-6-3-7(10)4-12-9(6)13-5-8(14)11-2/h3-4H,5H2,1-2H3,(H,11,14)(H,12,13). The van der Waals surface area contributed by atoms with E-state index in [1.165, 1.54) is 0 Å². The van der Waals surface area contributed by atoms with E-state index in [1.807, 2.05) is 13.0 Å². The van der Waals surface area contributed by atoms with Gasteiger partial charge in [0, 0.05) is 17.7 Å². The highest BCUT2D eigenvalue weighted by atomic mass is 79.9. The second-order valence-electron chi connectivity index (χ2n) is 2.85. The van der Waals surface area contributed by atoms with E-state index in [0.29, 0.717) is 0 Å². The zero-order valence-electron chi connectivity index (χ0n) is 8.10. The summed E-state index contributed by atoms with van der Waals surface area (Å²) in [5.74, 6) is 0.672. The minimum Gasteiger partial charge on any atom is -0.361 e. The molecular weight excluding hydrogens is 246 g/mol. The number of anilines is 1. The van der Waals surface area contributed by atoms with Crippen LogP contribution in [0.1, 0.15) is 5.56 Å². The summed E-state index contributed by atoms with van der Waals surface area (Å²) in [6, 6.07) is 1.94. The van der Waals surface area contributed by atoms with Gasteiger partial charge in [-0.3, -0.25) is 4.79 Å². The normalized spacial score (nSPS) is 9.64. The van der Waals surface area contributed by atoms with Crippen LogP contribution in [0.25, 0.3) is 0 Å². The molecule has 1 aromatic rings. The lowest BCUT2D eigenvalue weighted by Gasteiger charge is -2.07. The van der Waals surface area contributed by atoms with Gasteiger partial charge in [-0.2, -0.15) is 0 Å². The van der Waals surface area contributed by atoms with Crippen LogP contribution in [-0.4, -0.2) is 24.5 Å². The fourth-order valence-electron chi connectivity index (χ4n) is 0.978. The number of hydrogen-bond donors (Lipinski definition) is 2. The zero-order chi connectivity index (χ0) is 10.6. The van der Waals surface area contributed by atoms with Gasteiger partial charge in [-0.05, 0) is 34.5 Å². The van der Waals surface area contributed by atoms with Crippen LogP contribution in [0, 0.1) is 6.92 Å². The molecule has 0 spiro atoms. The Kier molecular flexibility index (Phi) is 3.88. The Hall–Kier alpha value is -1.10. The molecule has 0 bridgehead atoms. The lowest BCUT2D eigenvalue weighted by Crippen LogP contribution is -2.26. The molecule has 14 heavy (non-hydrogen) atoms. The van der Waals surface area contributed by atoms with Crippen LogP contribution in [0.2, 0.25) is 0 Å². The molecule has 0 fully saturated rings. The topological polar surface area (TPSA) is 54.0 Å². The van der Waals surface area contributed by atoms with Gasteiger partial charge in [-0.15, -0.1) is 0 Å². The van der Waals surface area contributed by atoms with Gasteiger partial charge in [-0.25, -0.2) is 4.98 Å². The predicted molar refractivity (Wildman–Crippen MR) is 59.2 cm³/mol. The summed E-state index contributed by atoms with van der Waals surface area (Å²) in [5, 5.41) is 5.47. The van der Waals surface area contributed by atoms with Gasteiger partial charge in [0.25, 0.3) is 0 Å². The first-order valence-electron chi connectivity index (χ1n) is 4.20. The summed E-state index contributed by atoms with van der Waals surface area (Å²) in [6.45, 7) is 2.18. The van der Waals surface area contributed by atoms with Crippen molar-refractivity contribution in [3.05, 3.63) is 22.3 Å². The molecule has 76 valence electrons. The third-order valence-corrected chi connectivity index (χ3v) is 2.17. The summed E-state index contributed by atoms with van der Waals surface area (Å²) >= 11 is 3.32. The minimum atomic E-state index is -0.0610. The number of carbonyl (C=O) groups is 1. The molecule has 0 aromatic carbocycles. The van der Waals surface area contributed by atoms with Crippen LogP contribution in [0.3, 0.4) is 0 Å². The number of likely N-dealkylation sites (N-methyl/N-ethyl adjacent to an activating group) is 1. The summed E-state index contributed by atoms with van der Waals surface area (Å²) in [5.41, 5.74) is 1.00. The van der Waals surface area contributed by atoms with Crippen molar-refractivity contribution in [2.24, 2.45) is 0 Å². The third kappa shape index (κ3) is 2.99. The van der Waals surface area contributed by atoms with E-state index in [0.717, 1.165) is 15.9 Å². The molecule has 0 aliphatic carbocycles. The molecule has 0 unspecified atom stereocenters. The van der Waals surface area contributed by atoms with Gasteiger partial charge >= 0.3 is 0 Å². The van der Waals surface area contributed by atoms with Crippen molar-refractivity contribution < 1.29 is 4.79 Å². The van der Waals surface area contributed by atoms with Crippen molar-refractivity contribution in [2.45, 2.75) is 6.92 Å². The van der Waals surface area contributed by atoms with Crippen molar-refractivity contribution in [1.82, 2.24) is 10.3 Å². The van der Waals surface area contributed by atoms with Gasteiger partial charge in [0.1, 0.15) is 5.82 Å². The third-order valence-electron chi connectivity index (χ3n) is 1.74. The van der Waals surface area contributed by atoms with Gasteiger partial charge in [-0.1, -0.05) is 0 Å². The quantitative estimate of drug-likeness (QED) is 0.859. The van der Waals surface area contributed by atoms with E-state index in [-0.39, 0.29) is 12.5 Å². The molecule has 0 aliphatic rings. The molecule has 1 amide bonds. The van der Waals surface area contributed by atoms with E-state index >= 15 is 0 Å². The summed E-state index contributed by atoms with van der Waals surface area (Å²) in [4.78, 5) is 15.1. The Morgan fingerprint density at radius 3 is 2.93 bits per heavy atom. The second kappa shape index (κ2) is 4.95. The first kappa shape index (κ1) is 11.0. The predicted octanol–water partition coefficient (Wildman–Crippen LogP) is 1.31. The maximum Gasteiger partial charge on any atom is 0.239 e. The molecule has 4 nitrogen and oxygen atoms in total. The highest BCUT2D eigenvalue weighted by Crippen LogP contribution is 2.16. The number of carbonyl (C=O) groups excluding carboxylic acids is 1. The SMILES string of the molecule is CNC(=O)CNc1ncc(Br)cc1C. The average molecular weight is 258 g/mol. The van der Waals surface area contributed by atoms with Crippen molar-refractivity contribution in [3.8, 4) is 0 Å². The number of aryl methyl sites for hydroxylation is 1. The fraction of sp³-hybridized carbons (Fsp3) is 0.333. The second-order valence-corrected chi connectivity index (χ2v) is 3.76. The maximum atomic E-state index is 11.0. The number of hydrogen-bond acceptors (Lipinski definition) is 3. The Bertz CT molecular complexity index is 341. The van der Waals surface area contributed by atoms with Crippen LogP contribution in [-0.2, 0) is 4.79 Å². The van der Waals surface area contributed by atoms with Gasteiger partial charge in [0.15, 0.2) is 0 Å². The molecule has 0 saturated carbocycles. The van der Waals surface area contributed by atoms with Crippen molar-refractivity contribution in [3.63, 3.8) is 0 Å². The van der Waals surface area contributed by atoms with Gasteiger partial charge in [0.05, 0.1) is 6.54 Å². The van der Waals surface area contributed by atoms with E-state index in [2.05, 4.69) is 31.5 Å². The number of pyridine rings is 1. The van der Waals surface area contributed by atoms with Gasteiger partial charge < -0.3 is 10.6 Å². The molecule has 1 heterocycles. The minimum absolute atomic E-state index is 0.0610. The molecule has 0 radical (unpaired) electrons. The largest absolute Gasteiger partial charge is 0.361 e. The first-order valence-corrected chi connectivity index (χ1v) is 4.99. The lowest BCUT2D eigenvalue weighted by atomic mass is 10.3. The van der Waals surface area contributed by atoms with E-state index < -0.39 is 0 Å². The summed E-state index contributed by atoms with van der Waals surface area (Å²) in [6.07, 6.45) is 1.69. The Morgan fingerprint density at radius 2 is 2.36 bits per heavy atom. The Morgan fingerprint density at radius 1 is 1.64 bits per heavy atom. The monoisotopic (exact) mass is 257 g/mol. The van der Waals surface area contributed by atoms with Crippen molar-refractivity contribution >= 4 is 27.7 Å². The van der Waals surface area contributed by atoms with E-state index in [1.54, 1.807) is 13.2 Å². The van der Waals surface area contributed by atoms with Crippen molar-refractivity contribution in [2.75, 3.05) is 18.9 Å². The van der Waals surface area contributed by atoms with Crippen LogP contribution in [0.4, 0.5) is 5.82 Å². The Labute approximate surface area is 91.2 Å². The molecule has 5 heteroatoms. The molecule has 0 aliphatic heterocycles. The smallest absolute Gasteiger partial charge is 0.239 e. The molecule has 0 saturated heterocycles. The van der Waals surface area contributed by atoms with Crippen LogP contribution < -0.4 is 10.6 Å². The highest BCUT2D eigenvalue weighted by Gasteiger charge is 2.02. The highest BCUT2D eigenvalue weighted by molar-refractivity contribution is 9.10. The van der Waals surface area contributed by atoms with Crippen LogP contribution >= 0.6 is 15.9 Å². The Balaban J connectivity index is 2.63. The summed E-state index contributed by atoms with van der Waals surface area (Å²) in [7, 11) is 1.60. The van der Waals surface area contributed by atoms with Gasteiger partial charge in [0.2, 0.25) is 5.91 Å².